The molecule has 2 saturated heterocycles. The minimum atomic E-state index is -3.40. The fourth-order valence-corrected chi connectivity index (χ4v) is 6.62. The van der Waals surface area contributed by atoms with E-state index in [9.17, 15) is 13.2 Å². The fraction of sp³-hybridized carbons (Fsp3) is 0.345. The molecule has 0 saturated carbocycles. The molecule has 8 heteroatoms. The lowest BCUT2D eigenvalue weighted by atomic mass is 9.96. The maximum Gasteiger partial charge on any atom is 0.253 e. The highest BCUT2D eigenvalue weighted by molar-refractivity contribution is 7.88. The summed E-state index contributed by atoms with van der Waals surface area (Å²) in [5.74, 6) is -0.0845. The molecule has 37 heavy (non-hydrogen) atoms. The van der Waals surface area contributed by atoms with Gasteiger partial charge in [-0.15, -0.1) is 0 Å². The number of rotatable bonds is 7. The highest BCUT2D eigenvalue weighted by Gasteiger charge is 2.29. The van der Waals surface area contributed by atoms with Gasteiger partial charge in [-0.05, 0) is 28.8 Å². The standard InChI is InChI=1S/C29H33N3O4S/c33-29(27-13-11-24(12-14-27)23-37(34,35)32-19-21-36-22-20-32)31-17-15-30(16-18-31)28(25-7-3-1-4-8-25)26-9-5-2-6-10-26/h1-14,28H,15-23H2. The molecule has 0 bridgehead atoms. The Hall–Kier alpha value is -3.04. The monoisotopic (exact) mass is 519 g/mol. The number of hydrogen-bond acceptors (Lipinski definition) is 5. The summed E-state index contributed by atoms with van der Waals surface area (Å²) >= 11 is 0. The predicted molar refractivity (Wildman–Crippen MR) is 144 cm³/mol. The summed E-state index contributed by atoms with van der Waals surface area (Å²) in [5.41, 5.74) is 3.76. The van der Waals surface area contributed by atoms with Crippen LogP contribution in [-0.4, -0.2) is 80.9 Å². The van der Waals surface area contributed by atoms with Crippen LogP contribution >= 0.6 is 0 Å². The molecule has 0 atom stereocenters. The van der Waals surface area contributed by atoms with Crippen LogP contribution in [0.4, 0.5) is 0 Å². The second-order valence-corrected chi connectivity index (χ2v) is 11.5. The molecule has 0 N–H and O–H groups in total. The zero-order chi connectivity index (χ0) is 25.7. The molecule has 2 aliphatic heterocycles. The maximum atomic E-state index is 13.2. The van der Waals surface area contributed by atoms with Gasteiger partial charge < -0.3 is 9.64 Å². The van der Waals surface area contributed by atoms with Crippen LogP contribution in [-0.2, 0) is 20.5 Å². The first kappa shape index (κ1) is 25.6. The molecule has 194 valence electrons. The van der Waals surface area contributed by atoms with E-state index in [2.05, 4.69) is 53.4 Å². The van der Waals surface area contributed by atoms with E-state index in [1.807, 2.05) is 17.0 Å². The second-order valence-electron chi connectivity index (χ2n) is 9.52. The largest absolute Gasteiger partial charge is 0.379 e. The topological polar surface area (TPSA) is 70.2 Å². The van der Waals surface area contributed by atoms with E-state index in [0.717, 1.165) is 13.1 Å². The van der Waals surface area contributed by atoms with Gasteiger partial charge in [-0.25, -0.2) is 8.42 Å². The van der Waals surface area contributed by atoms with E-state index in [1.54, 1.807) is 24.3 Å². The Kier molecular flexibility index (Phi) is 8.00. The van der Waals surface area contributed by atoms with Crippen LogP contribution < -0.4 is 0 Å². The number of amides is 1. The highest BCUT2D eigenvalue weighted by Crippen LogP contribution is 2.29. The van der Waals surface area contributed by atoms with Crippen LogP contribution in [0.15, 0.2) is 84.9 Å². The van der Waals surface area contributed by atoms with E-state index in [0.29, 0.717) is 50.5 Å². The van der Waals surface area contributed by atoms with Gasteiger partial charge in [0.05, 0.1) is 25.0 Å². The molecule has 0 aromatic heterocycles. The molecule has 2 heterocycles. The summed E-state index contributed by atoms with van der Waals surface area (Å²) in [7, 11) is -3.40. The lowest BCUT2D eigenvalue weighted by Crippen LogP contribution is -2.49. The van der Waals surface area contributed by atoms with Gasteiger partial charge in [-0.2, -0.15) is 4.31 Å². The zero-order valence-corrected chi connectivity index (χ0v) is 21.7. The molecular weight excluding hydrogens is 486 g/mol. The molecule has 5 rings (SSSR count). The average molecular weight is 520 g/mol. The third-order valence-corrected chi connectivity index (χ3v) is 8.96. The highest BCUT2D eigenvalue weighted by atomic mass is 32.2. The smallest absolute Gasteiger partial charge is 0.253 e. The van der Waals surface area contributed by atoms with Crippen molar-refractivity contribution in [2.75, 3.05) is 52.5 Å². The number of carbonyl (C=O) groups excluding carboxylic acids is 1. The van der Waals surface area contributed by atoms with Gasteiger partial charge in [0.25, 0.3) is 5.91 Å². The number of morpholine rings is 1. The van der Waals surface area contributed by atoms with Gasteiger partial charge in [0, 0.05) is 44.8 Å². The number of carbonyl (C=O) groups is 1. The fourth-order valence-electron chi connectivity index (χ4n) is 5.12. The Morgan fingerprint density at radius 3 is 1.81 bits per heavy atom. The van der Waals surface area contributed by atoms with Crippen molar-refractivity contribution in [3.63, 3.8) is 0 Å². The van der Waals surface area contributed by atoms with Crippen molar-refractivity contribution in [2.45, 2.75) is 11.8 Å². The SMILES string of the molecule is O=C(c1ccc(CS(=O)(=O)N2CCOCC2)cc1)N1CCN(C(c2ccccc2)c2ccccc2)CC1. The zero-order valence-electron chi connectivity index (χ0n) is 20.9. The van der Waals surface area contributed by atoms with Gasteiger partial charge >= 0.3 is 0 Å². The molecule has 0 unspecified atom stereocenters. The van der Waals surface area contributed by atoms with E-state index in [4.69, 9.17) is 4.74 Å². The maximum absolute atomic E-state index is 13.2. The number of sulfonamides is 1. The normalized spacial score (nSPS) is 17.7. The van der Waals surface area contributed by atoms with Gasteiger partial charge in [0.1, 0.15) is 0 Å². The number of ether oxygens (including phenoxy) is 1. The molecule has 2 aliphatic rings. The van der Waals surface area contributed by atoms with Crippen molar-refractivity contribution in [3.05, 3.63) is 107 Å². The first-order valence-electron chi connectivity index (χ1n) is 12.8. The van der Waals surface area contributed by atoms with Crippen molar-refractivity contribution in [1.82, 2.24) is 14.1 Å². The Morgan fingerprint density at radius 2 is 1.27 bits per heavy atom. The van der Waals surface area contributed by atoms with Crippen molar-refractivity contribution in [1.29, 1.82) is 0 Å². The van der Waals surface area contributed by atoms with Gasteiger partial charge in [-0.1, -0.05) is 72.8 Å². The minimum Gasteiger partial charge on any atom is -0.379 e. The number of benzene rings is 3. The van der Waals surface area contributed by atoms with Crippen molar-refractivity contribution < 1.29 is 17.9 Å². The van der Waals surface area contributed by atoms with Crippen LogP contribution in [0.25, 0.3) is 0 Å². The molecule has 7 nitrogen and oxygen atoms in total. The average Bonchev–Trinajstić information content (AvgIpc) is 2.95. The van der Waals surface area contributed by atoms with E-state index >= 15 is 0 Å². The first-order chi connectivity index (χ1) is 18.0. The van der Waals surface area contributed by atoms with Crippen LogP contribution in [0.5, 0.6) is 0 Å². The predicted octanol–water partition coefficient (Wildman–Crippen LogP) is 3.40. The molecule has 0 spiro atoms. The summed E-state index contributed by atoms with van der Waals surface area (Å²) in [6.45, 7) is 4.46. The van der Waals surface area contributed by atoms with E-state index in [-0.39, 0.29) is 17.7 Å². The summed E-state index contributed by atoms with van der Waals surface area (Å²) in [6, 6.07) is 28.1. The summed E-state index contributed by atoms with van der Waals surface area (Å²) in [5, 5.41) is 0. The molecule has 0 radical (unpaired) electrons. The van der Waals surface area contributed by atoms with Crippen molar-refractivity contribution in [2.24, 2.45) is 0 Å². The first-order valence-corrected chi connectivity index (χ1v) is 14.4. The number of piperazine rings is 1. The minimum absolute atomic E-state index is 0.0155. The Morgan fingerprint density at radius 1 is 0.730 bits per heavy atom. The Balaban J connectivity index is 1.22. The van der Waals surface area contributed by atoms with Crippen LogP contribution in [0, 0.1) is 0 Å². The van der Waals surface area contributed by atoms with E-state index < -0.39 is 10.0 Å². The molecule has 3 aromatic rings. The Bertz CT molecular complexity index is 1230. The lowest BCUT2D eigenvalue weighted by Gasteiger charge is -2.39. The summed E-state index contributed by atoms with van der Waals surface area (Å²) < 4.78 is 32.1. The second kappa shape index (κ2) is 11.6. The molecule has 2 fully saturated rings. The lowest BCUT2D eigenvalue weighted by molar-refractivity contribution is 0.0597. The number of nitrogens with zero attached hydrogens (tertiary/aromatic N) is 3. The molecular formula is C29H33N3O4S. The van der Waals surface area contributed by atoms with Gasteiger partial charge in [0.15, 0.2) is 0 Å². The van der Waals surface area contributed by atoms with Crippen molar-refractivity contribution in [3.8, 4) is 0 Å². The van der Waals surface area contributed by atoms with E-state index in [1.165, 1.54) is 15.4 Å². The van der Waals surface area contributed by atoms with Crippen LogP contribution in [0.1, 0.15) is 33.1 Å². The summed E-state index contributed by atoms with van der Waals surface area (Å²) in [4.78, 5) is 17.6. The third kappa shape index (κ3) is 6.10. The molecule has 3 aromatic carbocycles. The van der Waals surface area contributed by atoms with Crippen molar-refractivity contribution >= 4 is 15.9 Å². The molecule has 1 amide bonds. The third-order valence-electron chi connectivity index (χ3n) is 7.11. The van der Waals surface area contributed by atoms with Crippen LogP contribution in [0.3, 0.4) is 0 Å². The quantitative estimate of drug-likeness (QED) is 0.479. The Labute approximate surface area is 219 Å². The van der Waals surface area contributed by atoms with Gasteiger partial charge in [0.2, 0.25) is 10.0 Å². The van der Waals surface area contributed by atoms with Gasteiger partial charge in [-0.3, -0.25) is 9.69 Å². The molecule has 0 aliphatic carbocycles. The summed E-state index contributed by atoms with van der Waals surface area (Å²) in [6.07, 6.45) is 0. The number of hydrogen-bond donors (Lipinski definition) is 0. The van der Waals surface area contributed by atoms with Crippen LogP contribution in [0.2, 0.25) is 0 Å².